The second-order valence-electron chi connectivity index (χ2n) is 4.56. The van der Waals surface area contributed by atoms with E-state index in [2.05, 4.69) is 9.97 Å². The van der Waals surface area contributed by atoms with Crippen molar-refractivity contribution in [3.63, 3.8) is 0 Å². The van der Waals surface area contributed by atoms with Crippen molar-refractivity contribution in [3.05, 3.63) is 58.6 Å². The lowest BCUT2D eigenvalue weighted by Gasteiger charge is -1.99. The minimum absolute atomic E-state index is 0.161. The van der Waals surface area contributed by atoms with Gasteiger partial charge in [0, 0.05) is 16.3 Å². The third kappa shape index (κ3) is 1.34. The van der Waals surface area contributed by atoms with Crippen LogP contribution in [-0.4, -0.2) is 9.97 Å². The molecule has 0 fully saturated rings. The first-order chi connectivity index (χ1) is 9.24. The van der Waals surface area contributed by atoms with Crippen LogP contribution >= 0.6 is 0 Å². The summed E-state index contributed by atoms with van der Waals surface area (Å²) in [6.45, 7) is 0. The molecule has 4 rings (SSSR count). The summed E-state index contributed by atoms with van der Waals surface area (Å²) < 4.78 is 13.4. The summed E-state index contributed by atoms with van der Waals surface area (Å²) in [5, 5.41) is 2.12. The van der Waals surface area contributed by atoms with Gasteiger partial charge in [0.05, 0.1) is 16.4 Å². The SMILES string of the molecule is O=c1[nH]c2ccc(F)cc2c2[nH]c3ccccc3c12. The average molecular weight is 252 g/mol. The highest BCUT2D eigenvalue weighted by Crippen LogP contribution is 2.27. The van der Waals surface area contributed by atoms with Crippen LogP contribution < -0.4 is 5.56 Å². The molecule has 0 unspecified atom stereocenters. The maximum atomic E-state index is 13.4. The van der Waals surface area contributed by atoms with Crippen LogP contribution in [0.1, 0.15) is 0 Å². The van der Waals surface area contributed by atoms with Crippen molar-refractivity contribution in [1.29, 1.82) is 0 Å². The maximum Gasteiger partial charge on any atom is 0.258 e. The zero-order chi connectivity index (χ0) is 13.0. The van der Waals surface area contributed by atoms with Crippen molar-refractivity contribution in [2.75, 3.05) is 0 Å². The Balaban J connectivity index is 2.39. The van der Waals surface area contributed by atoms with Crippen molar-refractivity contribution in [1.82, 2.24) is 9.97 Å². The Morgan fingerprint density at radius 3 is 2.58 bits per heavy atom. The highest BCUT2D eigenvalue weighted by atomic mass is 19.1. The molecule has 2 aromatic carbocycles. The molecule has 2 N–H and O–H groups in total. The summed E-state index contributed by atoms with van der Waals surface area (Å²) in [5.41, 5.74) is 2.02. The molecule has 4 heteroatoms. The normalized spacial score (nSPS) is 11.6. The van der Waals surface area contributed by atoms with Crippen molar-refractivity contribution in [3.8, 4) is 0 Å². The van der Waals surface area contributed by atoms with E-state index < -0.39 is 0 Å². The molecule has 2 aromatic heterocycles. The molecule has 2 heterocycles. The molecule has 0 spiro atoms. The number of halogens is 1. The summed E-state index contributed by atoms with van der Waals surface area (Å²) in [6.07, 6.45) is 0. The smallest absolute Gasteiger partial charge is 0.258 e. The van der Waals surface area contributed by atoms with E-state index in [1.165, 1.54) is 12.1 Å². The van der Waals surface area contributed by atoms with Crippen molar-refractivity contribution in [2.24, 2.45) is 0 Å². The van der Waals surface area contributed by atoms with Crippen LogP contribution in [0.4, 0.5) is 4.39 Å². The Labute approximate surface area is 106 Å². The van der Waals surface area contributed by atoms with E-state index in [-0.39, 0.29) is 11.4 Å². The summed E-state index contributed by atoms with van der Waals surface area (Å²) >= 11 is 0. The molecule has 19 heavy (non-hydrogen) atoms. The average Bonchev–Trinajstić information content (AvgIpc) is 2.80. The number of aromatic nitrogens is 2. The van der Waals surface area contributed by atoms with Gasteiger partial charge in [-0.1, -0.05) is 18.2 Å². The highest BCUT2D eigenvalue weighted by molar-refractivity contribution is 6.15. The summed E-state index contributed by atoms with van der Waals surface area (Å²) in [6, 6.07) is 11.9. The third-order valence-corrected chi connectivity index (χ3v) is 3.43. The van der Waals surface area contributed by atoms with Gasteiger partial charge in [0.1, 0.15) is 5.82 Å². The Hall–Kier alpha value is -2.62. The summed E-state index contributed by atoms with van der Waals surface area (Å²) in [4.78, 5) is 18.2. The zero-order valence-corrected chi connectivity index (χ0v) is 9.83. The fraction of sp³-hybridized carbons (Fsp3) is 0. The zero-order valence-electron chi connectivity index (χ0n) is 9.83. The fourth-order valence-corrected chi connectivity index (χ4v) is 2.60. The van der Waals surface area contributed by atoms with Crippen LogP contribution in [-0.2, 0) is 0 Å². The molecule has 3 nitrogen and oxygen atoms in total. The molecule has 0 amide bonds. The van der Waals surface area contributed by atoms with E-state index in [0.717, 1.165) is 10.9 Å². The highest BCUT2D eigenvalue weighted by Gasteiger charge is 2.11. The van der Waals surface area contributed by atoms with Gasteiger partial charge in [-0.25, -0.2) is 4.39 Å². The van der Waals surface area contributed by atoms with E-state index >= 15 is 0 Å². The van der Waals surface area contributed by atoms with Gasteiger partial charge >= 0.3 is 0 Å². The second-order valence-corrected chi connectivity index (χ2v) is 4.56. The van der Waals surface area contributed by atoms with Crippen molar-refractivity contribution < 1.29 is 4.39 Å². The van der Waals surface area contributed by atoms with Gasteiger partial charge in [-0.3, -0.25) is 4.79 Å². The fourth-order valence-electron chi connectivity index (χ4n) is 2.60. The van der Waals surface area contributed by atoms with Crippen LogP contribution in [0.25, 0.3) is 32.7 Å². The summed E-state index contributed by atoms with van der Waals surface area (Å²) in [5.74, 6) is -0.320. The van der Waals surface area contributed by atoms with Gasteiger partial charge in [0.2, 0.25) is 0 Å². The first-order valence-electron chi connectivity index (χ1n) is 5.96. The predicted octanol–water partition coefficient (Wildman–Crippen LogP) is 3.30. The van der Waals surface area contributed by atoms with Gasteiger partial charge in [-0.15, -0.1) is 0 Å². The van der Waals surface area contributed by atoms with E-state index in [1.807, 2.05) is 24.3 Å². The molecule has 0 aliphatic carbocycles. The molecular weight excluding hydrogens is 243 g/mol. The van der Waals surface area contributed by atoms with Crippen molar-refractivity contribution in [2.45, 2.75) is 0 Å². The van der Waals surface area contributed by atoms with E-state index in [9.17, 15) is 9.18 Å². The van der Waals surface area contributed by atoms with Gasteiger partial charge in [0.15, 0.2) is 0 Å². The number of hydrogen-bond donors (Lipinski definition) is 2. The van der Waals surface area contributed by atoms with Gasteiger partial charge < -0.3 is 9.97 Å². The standard InChI is InChI=1S/C15H9FN2O/c16-8-5-6-12-10(7-8)14-13(15(19)18-12)9-3-1-2-4-11(9)17-14/h1-7,17H,(H,18,19). The maximum absolute atomic E-state index is 13.4. The molecule has 0 aliphatic rings. The number of pyridine rings is 1. The van der Waals surface area contributed by atoms with Gasteiger partial charge in [-0.05, 0) is 24.3 Å². The number of H-pyrrole nitrogens is 2. The topological polar surface area (TPSA) is 48.6 Å². The molecule has 0 radical (unpaired) electrons. The second kappa shape index (κ2) is 3.45. The van der Waals surface area contributed by atoms with Crippen LogP contribution in [0.3, 0.4) is 0 Å². The van der Waals surface area contributed by atoms with E-state index in [4.69, 9.17) is 0 Å². The Morgan fingerprint density at radius 1 is 0.895 bits per heavy atom. The monoisotopic (exact) mass is 252 g/mol. The quantitative estimate of drug-likeness (QED) is 0.495. The van der Waals surface area contributed by atoms with Gasteiger partial charge in [-0.2, -0.15) is 0 Å². The Kier molecular flexibility index (Phi) is 1.87. The Morgan fingerprint density at radius 2 is 1.68 bits per heavy atom. The number of nitrogens with one attached hydrogen (secondary N) is 2. The number of benzene rings is 2. The minimum Gasteiger partial charge on any atom is -0.354 e. The van der Waals surface area contributed by atoms with Crippen LogP contribution in [0.5, 0.6) is 0 Å². The number of fused-ring (bicyclic) bond motifs is 5. The predicted molar refractivity (Wildman–Crippen MR) is 73.9 cm³/mol. The van der Waals surface area contributed by atoms with E-state index in [0.29, 0.717) is 21.8 Å². The molecule has 0 saturated carbocycles. The van der Waals surface area contributed by atoms with Crippen molar-refractivity contribution >= 4 is 32.7 Å². The molecule has 0 atom stereocenters. The lowest BCUT2D eigenvalue weighted by Crippen LogP contribution is -2.05. The Bertz CT molecular complexity index is 997. The first-order valence-corrected chi connectivity index (χ1v) is 5.96. The lowest BCUT2D eigenvalue weighted by molar-refractivity contribution is 0.629. The first kappa shape index (κ1) is 10.3. The number of aromatic amines is 2. The van der Waals surface area contributed by atoms with Crippen LogP contribution in [0.15, 0.2) is 47.3 Å². The minimum atomic E-state index is -0.320. The lowest BCUT2D eigenvalue weighted by atomic mass is 10.1. The molecule has 0 saturated heterocycles. The third-order valence-electron chi connectivity index (χ3n) is 3.43. The van der Waals surface area contributed by atoms with E-state index in [1.54, 1.807) is 6.07 Å². The number of hydrogen-bond acceptors (Lipinski definition) is 1. The van der Waals surface area contributed by atoms with Crippen LogP contribution in [0, 0.1) is 5.82 Å². The molecule has 92 valence electrons. The summed E-state index contributed by atoms with van der Waals surface area (Å²) in [7, 11) is 0. The van der Waals surface area contributed by atoms with Gasteiger partial charge in [0.25, 0.3) is 5.56 Å². The molecule has 4 aromatic rings. The number of para-hydroxylation sites is 1. The largest absolute Gasteiger partial charge is 0.354 e. The molecular formula is C15H9FN2O. The molecule has 0 aliphatic heterocycles. The van der Waals surface area contributed by atoms with Crippen LogP contribution in [0.2, 0.25) is 0 Å². The number of rotatable bonds is 0. The molecule has 0 bridgehead atoms.